The van der Waals surface area contributed by atoms with Gasteiger partial charge >= 0.3 is 0 Å². The van der Waals surface area contributed by atoms with Crippen LogP contribution in [0, 0.1) is 0 Å². The van der Waals surface area contributed by atoms with E-state index in [-0.39, 0.29) is 22.7 Å². The Balaban J connectivity index is 1.43. The second kappa shape index (κ2) is 10.5. The van der Waals surface area contributed by atoms with Gasteiger partial charge in [0.2, 0.25) is 0 Å². The number of benzene rings is 2. The third-order valence-electron chi connectivity index (χ3n) is 6.51. The molecule has 2 aromatic carbocycles. The van der Waals surface area contributed by atoms with Crippen molar-refractivity contribution in [3.05, 3.63) is 64.8 Å². The van der Waals surface area contributed by atoms with Crippen LogP contribution in [0.1, 0.15) is 30.1 Å². The van der Waals surface area contributed by atoms with Crippen molar-refractivity contribution >= 4 is 40.7 Å². The molecule has 35 heavy (non-hydrogen) atoms. The molecule has 0 radical (unpaired) electrons. The molecule has 0 spiro atoms. The van der Waals surface area contributed by atoms with Gasteiger partial charge in [0.05, 0.1) is 32.4 Å². The molecular weight excluding hydrogens is 468 g/mol. The van der Waals surface area contributed by atoms with E-state index in [1.54, 1.807) is 48.5 Å². The molecule has 1 fully saturated rings. The number of imide groups is 1. The van der Waals surface area contributed by atoms with E-state index in [2.05, 4.69) is 12.4 Å². The summed E-state index contributed by atoms with van der Waals surface area (Å²) in [7, 11) is 4.02. The number of ether oxygens (including phenoxy) is 1. The summed E-state index contributed by atoms with van der Waals surface area (Å²) in [6.45, 7) is 4.51. The monoisotopic (exact) mass is 497 g/mol. The number of nitrogens with one attached hydrogen (secondary N) is 2. The number of likely N-dealkylation sites (tertiary alicyclic amines) is 1. The van der Waals surface area contributed by atoms with Crippen LogP contribution >= 0.6 is 11.6 Å². The summed E-state index contributed by atoms with van der Waals surface area (Å²) < 4.78 is 5.41. The van der Waals surface area contributed by atoms with Gasteiger partial charge < -0.3 is 19.9 Å². The molecule has 8 nitrogen and oxygen atoms in total. The Morgan fingerprint density at radius 3 is 2.31 bits per heavy atom. The molecule has 3 amide bonds. The number of carbonyl (C=O) groups is 3. The van der Waals surface area contributed by atoms with Crippen molar-refractivity contribution in [3.63, 3.8) is 0 Å². The van der Waals surface area contributed by atoms with Crippen molar-refractivity contribution in [2.24, 2.45) is 0 Å². The average molecular weight is 498 g/mol. The maximum Gasteiger partial charge on any atom is 0.283 e. The van der Waals surface area contributed by atoms with Crippen LogP contribution in [0.3, 0.4) is 0 Å². The van der Waals surface area contributed by atoms with Gasteiger partial charge in [-0.2, -0.15) is 0 Å². The minimum atomic E-state index is -0.600. The van der Waals surface area contributed by atoms with E-state index in [1.807, 2.05) is 18.9 Å². The van der Waals surface area contributed by atoms with Crippen LogP contribution in [-0.2, 0) is 9.59 Å². The van der Waals surface area contributed by atoms with E-state index in [0.717, 1.165) is 30.8 Å². The second-order valence-corrected chi connectivity index (χ2v) is 9.25. The van der Waals surface area contributed by atoms with E-state index < -0.39 is 11.8 Å². The number of carbonyl (C=O) groups excluding carboxylic acids is 3. The standard InChI is InChI=1S/C26H29ClN4O4/c1-4-35-21-11-9-20(10-12-21)31-25(33)22(27)23(26(31)34)28-18-7-5-17(6-8-18)24(32)30(3)19-13-15-29(2)16-14-19/h5-12,19,28H,4,13-16H2,1-3H3/p+1. The smallest absolute Gasteiger partial charge is 0.283 e. The molecule has 4 rings (SSSR count). The number of piperidine rings is 1. The van der Waals surface area contributed by atoms with Crippen LogP contribution in [0.5, 0.6) is 5.75 Å². The minimum Gasteiger partial charge on any atom is -0.494 e. The Bertz CT molecular complexity index is 1140. The van der Waals surface area contributed by atoms with Crippen LogP contribution in [0.25, 0.3) is 0 Å². The molecule has 1 saturated heterocycles. The van der Waals surface area contributed by atoms with Crippen molar-refractivity contribution < 1.29 is 24.0 Å². The highest BCUT2D eigenvalue weighted by atomic mass is 35.5. The Morgan fingerprint density at radius 1 is 1.09 bits per heavy atom. The summed E-state index contributed by atoms with van der Waals surface area (Å²) in [6, 6.07) is 13.7. The average Bonchev–Trinajstić information content (AvgIpc) is 3.08. The number of hydrogen-bond acceptors (Lipinski definition) is 5. The lowest BCUT2D eigenvalue weighted by atomic mass is 10.0. The molecule has 0 saturated carbocycles. The van der Waals surface area contributed by atoms with Gasteiger partial charge in [-0.25, -0.2) is 4.90 Å². The number of quaternary nitrogens is 1. The fourth-order valence-corrected chi connectivity index (χ4v) is 4.61. The van der Waals surface area contributed by atoms with E-state index in [9.17, 15) is 14.4 Å². The van der Waals surface area contributed by atoms with Gasteiger partial charge in [-0.15, -0.1) is 0 Å². The van der Waals surface area contributed by atoms with Gasteiger partial charge in [0, 0.05) is 37.2 Å². The van der Waals surface area contributed by atoms with E-state index in [0.29, 0.717) is 29.3 Å². The molecule has 0 bridgehead atoms. The number of rotatable bonds is 7. The van der Waals surface area contributed by atoms with E-state index in [4.69, 9.17) is 16.3 Å². The Kier molecular flexibility index (Phi) is 7.42. The predicted molar refractivity (Wildman–Crippen MR) is 135 cm³/mol. The molecule has 0 aliphatic carbocycles. The third kappa shape index (κ3) is 5.18. The maximum atomic E-state index is 13.0. The van der Waals surface area contributed by atoms with Gasteiger partial charge in [0.15, 0.2) is 0 Å². The lowest BCUT2D eigenvalue weighted by Gasteiger charge is -2.33. The van der Waals surface area contributed by atoms with Gasteiger partial charge in [-0.05, 0) is 55.5 Å². The fraction of sp³-hybridized carbons (Fsp3) is 0.346. The minimum absolute atomic E-state index is 0.00410. The van der Waals surface area contributed by atoms with Crippen LogP contribution in [0.15, 0.2) is 59.3 Å². The highest BCUT2D eigenvalue weighted by molar-refractivity contribution is 6.53. The lowest BCUT2D eigenvalue weighted by Crippen LogP contribution is -3.10. The summed E-state index contributed by atoms with van der Waals surface area (Å²) in [5.41, 5.74) is 1.51. The zero-order valence-electron chi connectivity index (χ0n) is 20.1. The lowest BCUT2D eigenvalue weighted by molar-refractivity contribution is -0.885. The van der Waals surface area contributed by atoms with Crippen molar-refractivity contribution in [1.82, 2.24) is 4.90 Å². The highest BCUT2D eigenvalue weighted by Crippen LogP contribution is 2.31. The topological polar surface area (TPSA) is 83.4 Å². The zero-order valence-corrected chi connectivity index (χ0v) is 20.9. The van der Waals surface area contributed by atoms with Crippen LogP contribution in [0.2, 0.25) is 0 Å². The SMILES string of the molecule is CCOc1ccc(N2C(=O)C(Cl)=C(Nc3ccc(C(=O)N(C)C4CC[NH+](C)CC4)cc3)C2=O)cc1. The van der Waals surface area contributed by atoms with E-state index >= 15 is 0 Å². The van der Waals surface area contributed by atoms with Crippen molar-refractivity contribution in [3.8, 4) is 5.75 Å². The molecule has 0 aromatic heterocycles. The summed E-state index contributed by atoms with van der Waals surface area (Å²) in [5.74, 6) is -0.540. The highest BCUT2D eigenvalue weighted by Gasteiger charge is 2.39. The molecule has 2 N–H and O–H groups in total. The second-order valence-electron chi connectivity index (χ2n) is 8.87. The number of halogens is 1. The van der Waals surface area contributed by atoms with Crippen molar-refractivity contribution in [1.29, 1.82) is 0 Å². The number of hydrogen-bond donors (Lipinski definition) is 2. The maximum absolute atomic E-state index is 13.0. The van der Waals surface area contributed by atoms with Gasteiger partial charge in [0.25, 0.3) is 17.7 Å². The molecule has 2 heterocycles. The number of anilines is 2. The summed E-state index contributed by atoms with van der Waals surface area (Å²) >= 11 is 6.24. The molecular formula is C26H30ClN4O4+. The summed E-state index contributed by atoms with van der Waals surface area (Å²) in [5, 5.41) is 2.76. The first kappa shape index (κ1) is 24.8. The van der Waals surface area contributed by atoms with Crippen LogP contribution in [-0.4, -0.2) is 62.5 Å². The zero-order chi connectivity index (χ0) is 25.1. The van der Waals surface area contributed by atoms with Crippen molar-refractivity contribution in [2.45, 2.75) is 25.8 Å². The largest absolute Gasteiger partial charge is 0.494 e. The molecule has 2 aliphatic rings. The first-order chi connectivity index (χ1) is 16.8. The summed E-state index contributed by atoms with van der Waals surface area (Å²) in [6.07, 6.45) is 1.97. The Labute approximate surface area is 210 Å². The molecule has 2 aromatic rings. The number of amides is 3. The number of nitrogens with zero attached hydrogens (tertiary/aromatic N) is 2. The Morgan fingerprint density at radius 2 is 1.71 bits per heavy atom. The van der Waals surface area contributed by atoms with Crippen molar-refractivity contribution in [2.75, 3.05) is 44.0 Å². The molecule has 0 unspecified atom stereocenters. The van der Waals surface area contributed by atoms with Crippen LogP contribution < -0.4 is 19.9 Å². The van der Waals surface area contributed by atoms with E-state index in [1.165, 1.54) is 4.90 Å². The quantitative estimate of drug-likeness (QED) is 0.573. The van der Waals surface area contributed by atoms with Gasteiger partial charge in [0.1, 0.15) is 16.5 Å². The normalized spacial score (nSPS) is 20.3. The molecule has 0 atom stereocenters. The fourth-order valence-electron chi connectivity index (χ4n) is 4.40. The molecule has 184 valence electrons. The first-order valence-electron chi connectivity index (χ1n) is 11.8. The first-order valence-corrected chi connectivity index (χ1v) is 12.1. The third-order valence-corrected chi connectivity index (χ3v) is 6.86. The molecule has 2 aliphatic heterocycles. The predicted octanol–water partition coefficient (Wildman–Crippen LogP) is 2.27. The van der Waals surface area contributed by atoms with Gasteiger partial charge in [-0.3, -0.25) is 14.4 Å². The van der Waals surface area contributed by atoms with Crippen LogP contribution in [0.4, 0.5) is 11.4 Å². The summed E-state index contributed by atoms with van der Waals surface area (Å²) in [4.78, 5) is 43.0. The molecule has 9 heteroatoms. The van der Waals surface area contributed by atoms with Gasteiger partial charge in [-0.1, -0.05) is 11.6 Å². The Hall–Kier alpha value is -3.36.